The fourth-order valence-corrected chi connectivity index (χ4v) is 2.98. The average Bonchev–Trinajstić information content (AvgIpc) is 3.12. The molecule has 0 aromatic heterocycles. The number of likely N-dealkylation sites (N-methyl/N-ethyl adjacent to an activating group) is 1. The highest BCUT2D eigenvalue weighted by Gasteiger charge is 2.29. The third-order valence-corrected chi connectivity index (χ3v) is 4.42. The SMILES string of the molecule is CNC(=O)/C=C\N(C=O)[C@H]1CC[C@@H](COP(O)OCCCC(=O)OC(C)C)O1. The van der Waals surface area contributed by atoms with Crippen LogP contribution in [0.15, 0.2) is 12.3 Å². The van der Waals surface area contributed by atoms with Crippen molar-refractivity contribution in [3.63, 3.8) is 0 Å². The lowest BCUT2D eigenvalue weighted by Gasteiger charge is -2.21. The van der Waals surface area contributed by atoms with Crippen molar-refractivity contribution in [1.29, 1.82) is 0 Å². The van der Waals surface area contributed by atoms with Crippen molar-refractivity contribution in [2.24, 2.45) is 0 Å². The highest BCUT2D eigenvalue weighted by Crippen LogP contribution is 2.34. The molecule has 11 heteroatoms. The molecule has 1 heterocycles. The van der Waals surface area contributed by atoms with Crippen molar-refractivity contribution in [1.82, 2.24) is 10.2 Å². The quantitative estimate of drug-likeness (QED) is 0.150. The van der Waals surface area contributed by atoms with Gasteiger partial charge >= 0.3 is 14.6 Å². The molecule has 1 aliphatic heterocycles. The Morgan fingerprint density at radius 1 is 1.36 bits per heavy atom. The first-order valence-corrected chi connectivity index (χ1v) is 10.2. The molecule has 28 heavy (non-hydrogen) atoms. The maximum absolute atomic E-state index is 11.4. The predicted molar refractivity (Wildman–Crippen MR) is 101 cm³/mol. The Labute approximate surface area is 166 Å². The highest BCUT2D eigenvalue weighted by atomic mass is 31.2. The molecule has 1 unspecified atom stereocenters. The Morgan fingerprint density at radius 3 is 2.75 bits per heavy atom. The number of esters is 1. The summed E-state index contributed by atoms with van der Waals surface area (Å²) in [6.07, 6.45) is 4.05. The lowest BCUT2D eigenvalue weighted by Crippen LogP contribution is -2.31. The summed E-state index contributed by atoms with van der Waals surface area (Å²) >= 11 is 0. The number of nitrogens with zero attached hydrogens (tertiary/aromatic N) is 1. The summed E-state index contributed by atoms with van der Waals surface area (Å²) in [6, 6.07) is 0. The molecule has 0 radical (unpaired) electrons. The van der Waals surface area contributed by atoms with E-state index >= 15 is 0 Å². The lowest BCUT2D eigenvalue weighted by atomic mass is 10.2. The van der Waals surface area contributed by atoms with Crippen LogP contribution in [0.5, 0.6) is 0 Å². The number of carbonyl (C=O) groups excluding carboxylic acids is 3. The second kappa shape index (κ2) is 13.6. The number of ether oxygens (including phenoxy) is 2. The van der Waals surface area contributed by atoms with Gasteiger partial charge in [-0.3, -0.25) is 19.3 Å². The minimum absolute atomic E-state index is 0.111. The van der Waals surface area contributed by atoms with E-state index in [9.17, 15) is 19.3 Å². The van der Waals surface area contributed by atoms with E-state index in [-0.39, 0.29) is 43.7 Å². The van der Waals surface area contributed by atoms with Crippen LogP contribution < -0.4 is 5.32 Å². The van der Waals surface area contributed by atoms with Crippen molar-refractivity contribution in [3.05, 3.63) is 12.3 Å². The molecule has 0 aromatic carbocycles. The standard InChI is InChI=1S/C17H29N2O8P/c1-13(2)26-17(22)5-4-10-24-28(23)25-11-14-6-7-16(27-14)19(12-20)9-8-15(21)18-3/h8-9,12-14,16,23H,4-7,10-11H2,1-3H3,(H,18,21)/b9-8-/t14-,16+,28?/m0/s1. The molecule has 10 nitrogen and oxygen atoms in total. The first kappa shape index (κ1) is 24.5. The number of carbonyl (C=O) groups is 3. The van der Waals surface area contributed by atoms with E-state index < -0.39 is 14.8 Å². The molecule has 0 aliphatic carbocycles. The molecule has 1 rings (SSSR count). The van der Waals surface area contributed by atoms with E-state index in [2.05, 4.69) is 5.32 Å². The monoisotopic (exact) mass is 420 g/mol. The van der Waals surface area contributed by atoms with Gasteiger partial charge < -0.3 is 28.7 Å². The zero-order chi connectivity index (χ0) is 20.9. The van der Waals surface area contributed by atoms with Gasteiger partial charge in [-0.05, 0) is 33.1 Å². The van der Waals surface area contributed by atoms with Crippen LogP contribution in [0.25, 0.3) is 0 Å². The van der Waals surface area contributed by atoms with E-state index in [1.165, 1.54) is 24.2 Å². The molecule has 2 amide bonds. The van der Waals surface area contributed by atoms with Crippen LogP contribution >= 0.6 is 8.60 Å². The third-order valence-electron chi connectivity index (χ3n) is 3.65. The number of nitrogens with one attached hydrogen (secondary N) is 1. The Kier molecular flexibility index (Phi) is 11.9. The van der Waals surface area contributed by atoms with E-state index in [1.807, 2.05) is 0 Å². The van der Waals surface area contributed by atoms with Crippen LogP contribution in [0.1, 0.15) is 39.5 Å². The Hall–Kier alpha value is -1.58. The maximum Gasteiger partial charge on any atom is 0.329 e. The number of rotatable bonds is 13. The van der Waals surface area contributed by atoms with Gasteiger partial charge in [0.15, 0.2) is 0 Å². The average molecular weight is 420 g/mol. The fraction of sp³-hybridized carbons (Fsp3) is 0.706. The van der Waals surface area contributed by atoms with E-state index in [0.717, 1.165) is 0 Å². The van der Waals surface area contributed by atoms with Crippen LogP contribution in [0.3, 0.4) is 0 Å². The Bertz CT molecular complexity index is 531. The number of amides is 2. The second-order valence-electron chi connectivity index (χ2n) is 6.28. The van der Waals surface area contributed by atoms with Crippen LogP contribution in [0.2, 0.25) is 0 Å². The van der Waals surface area contributed by atoms with Gasteiger partial charge in [0.1, 0.15) is 6.23 Å². The minimum atomic E-state index is -2.08. The van der Waals surface area contributed by atoms with Gasteiger partial charge in [0, 0.05) is 25.7 Å². The molecule has 160 valence electrons. The smallest absolute Gasteiger partial charge is 0.329 e. The summed E-state index contributed by atoms with van der Waals surface area (Å²) in [4.78, 5) is 44.8. The summed E-state index contributed by atoms with van der Waals surface area (Å²) < 4.78 is 21.1. The maximum atomic E-state index is 11.4. The van der Waals surface area contributed by atoms with E-state index in [1.54, 1.807) is 13.8 Å². The van der Waals surface area contributed by atoms with Crippen molar-refractivity contribution in [2.45, 2.75) is 58.0 Å². The molecule has 1 aliphatic rings. The second-order valence-corrected chi connectivity index (χ2v) is 7.27. The van der Waals surface area contributed by atoms with Crippen LogP contribution in [-0.4, -0.2) is 66.8 Å². The Balaban J connectivity index is 2.22. The molecule has 2 N–H and O–H groups in total. The highest BCUT2D eigenvalue weighted by molar-refractivity contribution is 7.40. The topological polar surface area (TPSA) is 124 Å². The van der Waals surface area contributed by atoms with Crippen molar-refractivity contribution in [3.8, 4) is 0 Å². The van der Waals surface area contributed by atoms with Gasteiger partial charge in [0.25, 0.3) is 0 Å². The molecule has 0 bridgehead atoms. The van der Waals surface area contributed by atoms with Crippen molar-refractivity contribution >= 4 is 26.9 Å². The molecule has 1 fully saturated rings. The van der Waals surface area contributed by atoms with E-state index in [4.69, 9.17) is 18.5 Å². The Morgan fingerprint density at radius 2 is 2.11 bits per heavy atom. The van der Waals surface area contributed by atoms with Crippen molar-refractivity contribution < 1.29 is 37.8 Å². The van der Waals surface area contributed by atoms with Crippen LogP contribution in [0.4, 0.5) is 0 Å². The fourth-order valence-electron chi connectivity index (χ4n) is 2.33. The predicted octanol–water partition coefficient (Wildman–Crippen LogP) is 1.19. The van der Waals surface area contributed by atoms with Gasteiger partial charge in [-0.2, -0.15) is 0 Å². The van der Waals surface area contributed by atoms with Gasteiger partial charge in [-0.1, -0.05) is 0 Å². The van der Waals surface area contributed by atoms with Gasteiger partial charge in [-0.25, -0.2) is 0 Å². The molecule has 1 saturated heterocycles. The summed E-state index contributed by atoms with van der Waals surface area (Å²) in [6.45, 7) is 3.83. The minimum Gasteiger partial charge on any atom is -0.463 e. The normalized spacial score (nSPS) is 20.3. The third kappa shape index (κ3) is 10.1. The largest absolute Gasteiger partial charge is 0.463 e. The summed E-state index contributed by atoms with van der Waals surface area (Å²) in [7, 11) is -0.587. The first-order chi connectivity index (χ1) is 13.3. The molecule has 3 atom stereocenters. The first-order valence-electron chi connectivity index (χ1n) is 9.08. The zero-order valence-corrected chi connectivity index (χ0v) is 17.3. The molecular weight excluding hydrogens is 391 g/mol. The molecule has 0 aromatic rings. The molecular formula is C17H29N2O8P. The lowest BCUT2D eigenvalue weighted by molar-refractivity contribution is -0.147. The van der Waals surface area contributed by atoms with Gasteiger partial charge in [0.2, 0.25) is 12.3 Å². The number of hydrogen-bond acceptors (Lipinski definition) is 8. The molecule has 0 spiro atoms. The van der Waals surface area contributed by atoms with Crippen LogP contribution in [-0.2, 0) is 32.9 Å². The summed E-state index contributed by atoms with van der Waals surface area (Å²) in [5.74, 6) is -0.636. The van der Waals surface area contributed by atoms with Crippen molar-refractivity contribution in [2.75, 3.05) is 20.3 Å². The summed E-state index contributed by atoms with van der Waals surface area (Å²) in [5.41, 5.74) is 0. The molecule has 0 saturated carbocycles. The zero-order valence-electron chi connectivity index (χ0n) is 16.4. The van der Waals surface area contributed by atoms with E-state index in [0.29, 0.717) is 25.7 Å². The summed E-state index contributed by atoms with van der Waals surface area (Å²) in [5, 5.41) is 2.42. The van der Waals surface area contributed by atoms with Crippen LogP contribution in [0, 0.1) is 0 Å². The number of hydrogen-bond donors (Lipinski definition) is 2. The van der Waals surface area contributed by atoms with Gasteiger partial charge in [0.05, 0.1) is 25.4 Å². The van der Waals surface area contributed by atoms with Gasteiger partial charge in [-0.15, -0.1) is 0 Å².